The van der Waals surface area contributed by atoms with Gasteiger partial charge in [0.15, 0.2) is 0 Å². The fraction of sp³-hybridized carbons (Fsp3) is 0.0400. The Labute approximate surface area is 310 Å². The lowest BCUT2D eigenvalue weighted by atomic mass is 9.95. The second-order valence-corrected chi connectivity index (χ2v) is 13.7. The largest absolute Gasteiger partial charge is 0.457 e. The molecule has 2 atom stereocenters. The summed E-state index contributed by atoms with van der Waals surface area (Å²) < 4.78 is 6.93. The molecule has 2 aliphatic rings. The molecule has 3 nitrogen and oxygen atoms in total. The Morgan fingerprint density at radius 2 is 1.00 bits per heavy atom. The van der Waals surface area contributed by atoms with Gasteiger partial charge in [0.2, 0.25) is 0 Å². The molecule has 1 aliphatic heterocycles. The number of furan rings is 1. The topological polar surface area (TPSA) is 19.6 Å². The fourth-order valence-corrected chi connectivity index (χ4v) is 8.08. The normalized spacial score (nSPS) is 15.7. The molecule has 0 amide bonds. The summed E-state index contributed by atoms with van der Waals surface area (Å²) in [7, 11) is 0. The van der Waals surface area contributed by atoms with Gasteiger partial charge in [0, 0.05) is 33.7 Å². The molecule has 252 valence electrons. The summed E-state index contributed by atoms with van der Waals surface area (Å²) in [6, 6.07) is 65.1. The first kappa shape index (κ1) is 30.9. The van der Waals surface area contributed by atoms with E-state index in [0.717, 1.165) is 50.6 Å². The van der Waals surface area contributed by atoms with Crippen molar-refractivity contribution in [1.29, 1.82) is 0 Å². The molecular formula is C50H36N2O. The molecule has 0 saturated heterocycles. The summed E-state index contributed by atoms with van der Waals surface area (Å²) >= 11 is 0. The highest BCUT2D eigenvalue weighted by molar-refractivity contribution is 6.04. The van der Waals surface area contributed by atoms with E-state index in [9.17, 15) is 0 Å². The lowest BCUT2D eigenvalue weighted by Crippen LogP contribution is -2.28. The number of fused-ring (bicyclic) bond motifs is 5. The van der Waals surface area contributed by atoms with Gasteiger partial charge in [-0.05, 0) is 82.4 Å². The lowest BCUT2D eigenvalue weighted by molar-refractivity contribution is 0.529. The van der Waals surface area contributed by atoms with E-state index in [1.54, 1.807) is 0 Å². The van der Waals surface area contributed by atoms with E-state index < -0.39 is 0 Å². The summed E-state index contributed by atoms with van der Waals surface area (Å²) in [6.07, 6.45) is 8.86. The summed E-state index contributed by atoms with van der Waals surface area (Å²) in [5, 5.41) is 1.13. The Balaban J connectivity index is 1.03. The third kappa shape index (κ3) is 5.46. The molecule has 0 saturated carbocycles. The minimum absolute atomic E-state index is 0.153. The van der Waals surface area contributed by atoms with Crippen LogP contribution in [0.4, 0.5) is 28.4 Å². The van der Waals surface area contributed by atoms with Gasteiger partial charge in [0.1, 0.15) is 11.3 Å². The first-order chi connectivity index (χ1) is 26.3. The van der Waals surface area contributed by atoms with Gasteiger partial charge in [0.05, 0.1) is 17.6 Å². The lowest BCUT2D eigenvalue weighted by Gasteiger charge is -2.28. The maximum atomic E-state index is 6.93. The van der Waals surface area contributed by atoms with Crippen LogP contribution in [-0.4, -0.2) is 6.04 Å². The Hall–Kier alpha value is -6.84. The van der Waals surface area contributed by atoms with E-state index in [2.05, 4.69) is 216 Å². The SMILES string of the molecule is C1=CC2c3oc4c(-c5cccc(N(c6ccccc6)c6ccc(-c7ccc(-c8ccccc8)cc7)cc6)c5)cccc4c3N(c3ccccc3)C2C=C1. The first-order valence-electron chi connectivity index (χ1n) is 18.3. The van der Waals surface area contributed by atoms with Gasteiger partial charge in [-0.15, -0.1) is 0 Å². The summed E-state index contributed by atoms with van der Waals surface area (Å²) in [6.45, 7) is 0. The zero-order valence-electron chi connectivity index (χ0n) is 29.1. The Morgan fingerprint density at radius 1 is 0.453 bits per heavy atom. The van der Waals surface area contributed by atoms with E-state index in [1.807, 2.05) is 0 Å². The van der Waals surface area contributed by atoms with Crippen LogP contribution in [0.3, 0.4) is 0 Å². The fourth-order valence-electron chi connectivity index (χ4n) is 8.08. The van der Waals surface area contributed by atoms with Gasteiger partial charge < -0.3 is 14.2 Å². The van der Waals surface area contributed by atoms with E-state index in [1.165, 1.54) is 27.9 Å². The smallest absolute Gasteiger partial charge is 0.144 e. The molecule has 0 bridgehead atoms. The molecule has 8 aromatic rings. The van der Waals surface area contributed by atoms with Crippen LogP contribution >= 0.6 is 0 Å². The molecule has 1 aliphatic carbocycles. The highest BCUT2D eigenvalue weighted by atomic mass is 16.3. The van der Waals surface area contributed by atoms with Crippen LogP contribution in [0.5, 0.6) is 0 Å². The first-order valence-corrected chi connectivity index (χ1v) is 18.3. The third-order valence-corrected chi connectivity index (χ3v) is 10.6. The predicted octanol–water partition coefficient (Wildman–Crippen LogP) is 13.6. The minimum atomic E-state index is 0.153. The molecule has 53 heavy (non-hydrogen) atoms. The van der Waals surface area contributed by atoms with Gasteiger partial charge >= 0.3 is 0 Å². The van der Waals surface area contributed by atoms with Crippen molar-refractivity contribution in [2.75, 3.05) is 9.80 Å². The zero-order valence-corrected chi connectivity index (χ0v) is 29.1. The van der Waals surface area contributed by atoms with Gasteiger partial charge in [0.25, 0.3) is 0 Å². The molecule has 0 fully saturated rings. The minimum Gasteiger partial charge on any atom is -0.457 e. The molecular weight excluding hydrogens is 645 g/mol. The highest BCUT2D eigenvalue weighted by Gasteiger charge is 2.42. The molecule has 2 unspecified atom stereocenters. The van der Waals surface area contributed by atoms with Gasteiger partial charge in [-0.3, -0.25) is 0 Å². The molecule has 7 aromatic carbocycles. The molecule has 0 N–H and O–H groups in total. The number of nitrogens with zero attached hydrogens (tertiary/aromatic N) is 2. The summed E-state index contributed by atoms with van der Waals surface area (Å²) in [5.41, 5.74) is 13.5. The van der Waals surface area contributed by atoms with Crippen molar-refractivity contribution in [3.63, 3.8) is 0 Å². The van der Waals surface area contributed by atoms with Crippen LogP contribution in [0.1, 0.15) is 11.7 Å². The number of anilines is 5. The maximum Gasteiger partial charge on any atom is 0.144 e. The van der Waals surface area contributed by atoms with Gasteiger partial charge in [-0.1, -0.05) is 152 Å². The number of hydrogen-bond acceptors (Lipinski definition) is 3. The van der Waals surface area contributed by atoms with Crippen LogP contribution in [0.15, 0.2) is 211 Å². The average molecular weight is 681 g/mol. The second kappa shape index (κ2) is 13.0. The molecule has 3 heteroatoms. The summed E-state index contributed by atoms with van der Waals surface area (Å²) in [4.78, 5) is 4.78. The van der Waals surface area contributed by atoms with Crippen molar-refractivity contribution in [2.24, 2.45) is 0 Å². The van der Waals surface area contributed by atoms with E-state index in [-0.39, 0.29) is 12.0 Å². The quantitative estimate of drug-likeness (QED) is 0.167. The van der Waals surface area contributed by atoms with Crippen LogP contribution in [0.25, 0.3) is 44.3 Å². The Kier molecular flexibility index (Phi) is 7.62. The molecule has 0 radical (unpaired) electrons. The van der Waals surface area contributed by atoms with E-state index >= 15 is 0 Å². The van der Waals surface area contributed by atoms with Crippen molar-refractivity contribution < 1.29 is 4.42 Å². The van der Waals surface area contributed by atoms with Crippen molar-refractivity contribution in [2.45, 2.75) is 12.0 Å². The zero-order chi connectivity index (χ0) is 35.1. The van der Waals surface area contributed by atoms with Crippen LogP contribution in [0.2, 0.25) is 0 Å². The van der Waals surface area contributed by atoms with Crippen molar-refractivity contribution in [3.05, 3.63) is 212 Å². The predicted molar refractivity (Wildman–Crippen MR) is 221 cm³/mol. The third-order valence-electron chi connectivity index (χ3n) is 10.6. The number of hydrogen-bond donors (Lipinski definition) is 0. The molecule has 2 heterocycles. The van der Waals surface area contributed by atoms with E-state index in [4.69, 9.17) is 4.42 Å². The van der Waals surface area contributed by atoms with Gasteiger partial charge in [-0.25, -0.2) is 0 Å². The molecule has 10 rings (SSSR count). The van der Waals surface area contributed by atoms with Crippen molar-refractivity contribution >= 4 is 39.4 Å². The number of allylic oxidation sites excluding steroid dienone is 2. The maximum absolute atomic E-state index is 6.93. The number of rotatable bonds is 7. The molecule has 0 spiro atoms. The van der Waals surface area contributed by atoms with Crippen molar-refractivity contribution in [3.8, 4) is 33.4 Å². The number of para-hydroxylation sites is 3. The Bertz CT molecular complexity index is 2600. The van der Waals surface area contributed by atoms with Crippen LogP contribution < -0.4 is 9.80 Å². The highest BCUT2D eigenvalue weighted by Crippen LogP contribution is 2.53. The monoisotopic (exact) mass is 680 g/mol. The number of benzene rings is 7. The van der Waals surface area contributed by atoms with Gasteiger partial charge in [-0.2, -0.15) is 0 Å². The molecule has 1 aromatic heterocycles. The van der Waals surface area contributed by atoms with Crippen LogP contribution in [-0.2, 0) is 0 Å². The van der Waals surface area contributed by atoms with E-state index in [0.29, 0.717) is 0 Å². The Morgan fingerprint density at radius 3 is 1.72 bits per heavy atom. The van der Waals surface area contributed by atoms with Crippen molar-refractivity contribution in [1.82, 2.24) is 0 Å². The summed E-state index contributed by atoms with van der Waals surface area (Å²) in [5.74, 6) is 1.18. The second-order valence-electron chi connectivity index (χ2n) is 13.7. The standard InChI is InChI=1S/C50H36N2O/c1-4-14-35(15-5-1)36-26-28-37(29-27-36)38-30-32-42(33-31-38)51(40-17-6-2-7-18-40)43-21-12-16-39(34-43)44-23-13-24-46-48-50(53-49(44)46)45-22-10-11-25-47(45)52(48)41-19-8-3-9-20-41/h1-34,45,47H. The van der Waals surface area contributed by atoms with Crippen LogP contribution in [0, 0.1) is 0 Å². The average Bonchev–Trinajstić information content (AvgIpc) is 3.77.